The Kier molecular flexibility index (Phi) is 5.95. The van der Waals surface area contributed by atoms with E-state index in [2.05, 4.69) is 28.4 Å². The second kappa shape index (κ2) is 8.78. The molecular weight excluding hydrogens is 374 g/mol. The average molecular weight is 398 g/mol. The van der Waals surface area contributed by atoms with Gasteiger partial charge in [-0.15, -0.1) is 0 Å². The van der Waals surface area contributed by atoms with Gasteiger partial charge in [0.2, 0.25) is 5.91 Å². The smallest absolute Gasteiger partial charge is 0.240 e. The monoisotopic (exact) mass is 397 g/mol. The number of morpholine rings is 1. The van der Waals surface area contributed by atoms with E-state index in [-0.39, 0.29) is 12.5 Å². The summed E-state index contributed by atoms with van der Waals surface area (Å²) in [6.45, 7) is 5.25. The maximum atomic E-state index is 12.4. The summed E-state index contributed by atoms with van der Waals surface area (Å²) in [4.78, 5) is 14.8. The lowest BCUT2D eigenvalue weighted by Gasteiger charge is -2.26. The summed E-state index contributed by atoms with van der Waals surface area (Å²) in [5.74, 6) is -0.0175. The predicted molar refractivity (Wildman–Crippen MR) is 111 cm³/mol. The van der Waals surface area contributed by atoms with E-state index >= 15 is 0 Å². The number of halogens is 1. The zero-order chi connectivity index (χ0) is 19.3. The topological polar surface area (TPSA) is 46.5 Å². The van der Waals surface area contributed by atoms with Gasteiger partial charge in [0, 0.05) is 42.9 Å². The molecule has 0 bridgehead atoms. The number of fused-ring (bicyclic) bond motifs is 1. The highest BCUT2D eigenvalue weighted by Crippen LogP contribution is 2.20. The number of carbonyl (C=O) groups is 1. The summed E-state index contributed by atoms with van der Waals surface area (Å²) in [6, 6.07) is 16.1. The van der Waals surface area contributed by atoms with E-state index in [1.54, 1.807) is 0 Å². The fraction of sp³-hybridized carbons (Fsp3) is 0.318. The zero-order valence-electron chi connectivity index (χ0n) is 15.7. The lowest BCUT2D eigenvalue weighted by molar-refractivity contribution is -0.121. The molecule has 0 radical (unpaired) electrons. The maximum absolute atomic E-state index is 12.4. The van der Waals surface area contributed by atoms with Gasteiger partial charge in [0.15, 0.2) is 0 Å². The summed E-state index contributed by atoms with van der Waals surface area (Å²) >= 11 is 6.09. The van der Waals surface area contributed by atoms with Crippen LogP contribution in [0.2, 0.25) is 5.02 Å². The van der Waals surface area contributed by atoms with Gasteiger partial charge in [0.1, 0.15) is 6.54 Å². The summed E-state index contributed by atoms with van der Waals surface area (Å²) in [7, 11) is 0. The largest absolute Gasteiger partial charge is 0.379 e. The van der Waals surface area contributed by atoms with Crippen LogP contribution >= 0.6 is 11.6 Å². The molecule has 1 saturated heterocycles. The maximum Gasteiger partial charge on any atom is 0.240 e. The number of hydrogen-bond donors (Lipinski definition) is 1. The molecule has 0 aliphatic carbocycles. The molecule has 2 heterocycles. The fourth-order valence-corrected chi connectivity index (χ4v) is 3.73. The van der Waals surface area contributed by atoms with Gasteiger partial charge in [-0.2, -0.15) is 0 Å². The first-order valence-corrected chi connectivity index (χ1v) is 9.94. The molecule has 28 heavy (non-hydrogen) atoms. The summed E-state index contributed by atoms with van der Waals surface area (Å²) < 4.78 is 7.33. The van der Waals surface area contributed by atoms with Gasteiger partial charge >= 0.3 is 0 Å². The molecule has 1 amide bonds. The molecule has 0 spiro atoms. The van der Waals surface area contributed by atoms with Crippen molar-refractivity contribution in [3.8, 4) is 0 Å². The van der Waals surface area contributed by atoms with Crippen molar-refractivity contribution in [1.29, 1.82) is 0 Å². The Bertz CT molecular complexity index is 963. The van der Waals surface area contributed by atoms with Crippen LogP contribution in [0.4, 0.5) is 0 Å². The first-order valence-electron chi connectivity index (χ1n) is 9.56. The number of hydrogen-bond acceptors (Lipinski definition) is 3. The first kappa shape index (κ1) is 19.0. The van der Waals surface area contributed by atoms with E-state index in [4.69, 9.17) is 16.3 Å². The quantitative estimate of drug-likeness (QED) is 0.693. The lowest BCUT2D eigenvalue weighted by Crippen LogP contribution is -2.35. The molecule has 5 nitrogen and oxygen atoms in total. The van der Waals surface area contributed by atoms with Crippen LogP contribution in [0.1, 0.15) is 11.1 Å². The van der Waals surface area contributed by atoms with E-state index in [1.807, 2.05) is 41.1 Å². The number of benzene rings is 2. The minimum absolute atomic E-state index is 0.0175. The summed E-state index contributed by atoms with van der Waals surface area (Å²) in [5.41, 5.74) is 3.34. The molecule has 0 atom stereocenters. The van der Waals surface area contributed by atoms with Gasteiger partial charge in [-0.25, -0.2) is 0 Å². The van der Waals surface area contributed by atoms with E-state index in [9.17, 15) is 4.79 Å². The number of rotatable bonds is 6. The summed E-state index contributed by atoms with van der Waals surface area (Å²) in [6.07, 6.45) is 1.92. The van der Waals surface area contributed by atoms with E-state index < -0.39 is 0 Å². The van der Waals surface area contributed by atoms with E-state index in [1.165, 1.54) is 5.56 Å². The van der Waals surface area contributed by atoms with Crippen molar-refractivity contribution in [2.75, 3.05) is 26.3 Å². The van der Waals surface area contributed by atoms with Gasteiger partial charge in [-0.1, -0.05) is 41.9 Å². The Hall–Kier alpha value is -2.34. The van der Waals surface area contributed by atoms with Crippen molar-refractivity contribution in [3.05, 3.63) is 70.9 Å². The molecule has 2 aromatic carbocycles. The van der Waals surface area contributed by atoms with Crippen LogP contribution in [-0.2, 0) is 29.2 Å². The Balaban J connectivity index is 1.34. The van der Waals surface area contributed by atoms with Gasteiger partial charge in [0.25, 0.3) is 0 Å². The van der Waals surface area contributed by atoms with Crippen LogP contribution in [0.5, 0.6) is 0 Å². The van der Waals surface area contributed by atoms with E-state index in [0.29, 0.717) is 11.6 Å². The predicted octanol–water partition coefficient (Wildman–Crippen LogP) is 3.44. The number of carbonyl (C=O) groups excluding carboxylic acids is 1. The van der Waals surface area contributed by atoms with Crippen LogP contribution in [0.3, 0.4) is 0 Å². The van der Waals surface area contributed by atoms with Crippen molar-refractivity contribution in [1.82, 2.24) is 14.8 Å². The molecule has 1 aliphatic heterocycles. The number of amides is 1. The number of nitrogens with zero attached hydrogens (tertiary/aromatic N) is 2. The highest BCUT2D eigenvalue weighted by molar-refractivity contribution is 6.31. The molecule has 1 aromatic heterocycles. The van der Waals surface area contributed by atoms with Crippen molar-refractivity contribution < 1.29 is 9.53 Å². The molecule has 3 aromatic rings. The number of ether oxygens (including phenoxy) is 1. The molecule has 1 fully saturated rings. The van der Waals surface area contributed by atoms with Crippen LogP contribution < -0.4 is 5.32 Å². The molecule has 1 aliphatic rings. The molecule has 1 N–H and O–H groups in total. The van der Waals surface area contributed by atoms with Crippen LogP contribution in [0.25, 0.3) is 10.9 Å². The third-order valence-corrected chi connectivity index (χ3v) is 5.28. The normalized spacial score (nSPS) is 15.0. The van der Waals surface area contributed by atoms with E-state index in [0.717, 1.165) is 49.3 Å². The molecule has 146 valence electrons. The van der Waals surface area contributed by atoms with Crippen molar-refractivity contribution in [2.45, 2.75) is 19.6 Å². The minimum atomic E-state index is -0.0175. The summed E-state index contributed by atoms with van der Waals surface area (Å²) in [5, 5.41) is 4.77. The van der Waals surface area contributed by atoms with Crippen molar-refractivity contribution in [2.24, 2.45) is 0 Å². The van der Waals surface area contributed by atoms with Crippen LogP contribution in [-0.4, -0.2) is 41.7 Å². The van der Waals surface area contributed by atoms with Crippen LogP contribution in [0.15, 0.2) is 54.7 Å². The standard InChI is InChI=1S/C22H24ClN3O2/c23-20-5-4-19-6-7-26(21(19)13-20)16-22(27)24-14-17-2-1-3-18(12-17)15-25-8-10-28-11-9-25/h1-7,12-13H,8-11,14-16H2,(H,24,27). The lowest BCUT2D eigenvalue weighted by atomic mass is 10.1. The van der Waals surface area contributed by atoms with Gasteiger partial charge < -0.3 is 14.6 Å². The second-order valence-electron chi connectivity index (χ2n) is 7.13. The van der Waals surface area contributed by atoms with Gasteiger partial charge in [0.05, 0.1) is 13.2 Å². The third kappa shape index (κ3) is 4.73. The Labute approximate surface area is 169 Å². The molecule has 6 heteroatoms. The fourth-order valence-electron chi connectivity index (χ4n) is 3.56. The van der Waals surface area contributed by atoms with Crippen molar-refractivity contribution >= 4 is 28.4 Å². The first-order chi connectivity index (χ1) is 13.7. The third-order valence-electron chi connectivity index (χ3n) is 5.04. The Morgan fingerprint density at radius 3 is 2.75 bits per heavy atom. The Morgan fingerprint density at radius 1 is 1.07 bits per heavy atom. The minimum Gasteiger partial charge on any atom is -0.379 e. The molecule has 0 unspecified atom stereocenters. The molecular formula is C22H24ClN3O2. The SMILES string of the molecule is O=C(Cn1ccc2ccc(Cl)cc21)NCc1cccc(CN2CCOCC2)c1. The van der Waals surface area contributed by atoms with Crippen LogP contribution in [0, 0.1) is 0 Å². The highest BCUT2D eigenvalue weighted by atomic mass is 35.5. The van der Waals surface area contributed by atoms with Gasteiger partial charge in [-0.05, 0) is 34.7 Å². The number of nitrogens with one attached hydrogen (secondary N) is 1. The second-order valence-corrected chi connectivity index (χ2v) is 7.57. The van der Waals surface area contributed by atoms with Gasteiger partial charge in [-0.3, -0.25) is 9.69 Å². The Morgan fingerprint density at radius 2 is 1.89 bits per heavy atom. The molecule has 0 saturated carbocycles. The average Bonchev–Trinajstić information content (AvgIpc) is 3.09. The zero-order valence-corrected chi connectivity index (χ0v) is 16.5. The molecule has 4 rings (SSSR count). The number of aromatic nitrogens is 1. The highest BCUT2D eigenvalue weighted by Gasteiger charge is 2.11. The van der Waals surface area contributed by atoms with Crippen molar-refractivity contribution in [3.63, 3.8) is 0 Å².